The number of alkyl carbamates (subject to hydrolysis) is 1. The molecule has 56 heavy (non-hydrogen) atoms. The summed E-state index contributed by atoms with van der Waals surface area (Å²) >= 11 is -2.51. The van der Waals surface area contributed by atoms with Crippen LogP contribution in [0.15, 0.2) is 60.7 Å². The Morgan fingerprint density at radius 2 is 1.75 bits per heavy atom. The summed E-state index contributed by atoms with van der Waals surface area (Å²) in [6, 6.07) is 15.6. The van der Waals surface area contributed by atoms with E-state index in [1.54, 1.807) is 6.92 Å². The predicted octanol–water partition coefficient (Wildman–Crippen LogP) is 6.63. The van der Waals surface area contributed by atoms with Gasteiger partial charge in [0, 0.05) is 0 Å². The van der Waals surface area contributed by atoms with E-state index >= 15 is 0 Å². The van der Waals surface area contributed by atoms with Gasteiger partial charge in [-0.3, -0.25) is 0 Å². The van der Waals surface area contributed by atoms with Gasteiger partial charge in [0.05, 0.1) is 0 Å². The topological polar surface area (TPSA) is 171 Å². The van der Waals surface area contributed by atoms with Gasteiger partial charge in [-0.15, -0.1) is 0 Å². The number of pyridine rings is 1. The van der Waals surface area contributed by atoms with Crippen molar-refractivity contribution in [3.8, 4) is 11.3 Å². The molecular formula is C42H59IN6O6S. The van der Waals surface area contributed by atoms with Crippen molar-refractivity contribution < 1.29 is 27.5 Å². The van der Waals surface area contributed by atoms with Crippen LogP contribution in [0.3, 0.4) is 0 Å². The number of ether oxygens (including phenoxy) is 1. The number of allylic oxidation sites excluding steroid dienone is 2. The van der Waals surface area contributed by atoms with Crippen LogP contribution in [0.5, 0.6) is 0 Å². The maximum atomic E-state index is 14.6. The first kappa shape index (κ1) is 42.2. The van der Waals surface area contributed by atoms with Gasteiger partial charge < -0.3 is 0 Å². The van der Waals surface area contributed by atoms with Gasteiger partial charge in [-0.1, -0.05) is 0 Å². The van der Waals surface area contributed by atoms with E-state index in [9.17, 15) is 28.2 Å². The normalized spacial score (nSPS) is 28.4. The molecular weight excluding hydrogens is 843 g/mol. The first-order valence-corrected chi connectivity index (χ1v) is 25.5. The van der Waals surface area contributed by atoms with Crippen LogP contribution >= 0.6 is 19.8 Å². The van der Waals surface area contributed by atoms with Gasteiger partial charge in [0.15, 0.2) is 0 Å². The molecule has 4 N–H and O–H groups in total. The Labute approximate surface area is 339 Å². The van der Waals surface area contributed by atoms with E-state index in [4.69, 9.17) is 9.72 Å². The molecule has 0 bridgehead atoms. The number of halogens is 1. The fraction of sp³-hybridized carbons (Fsp3) is 0.595. The predicted molar refractivity (Wildman–Crippen MR) is 230 cm³/mol. The Hall–Kier alpha value is -3.37. The minimum absolute atomic E-state index is 0.00906. The fourth-order valence-electron chi connectivity index (χ4n) is 7.91. The number of aromatic nitrogens is 1. The average Bonchev–Trinajstić information content (AvgIpc) is 3.85. The van der Waals surface area contributed by atoms with Gasteiger partial charge in [-0.25, -0.2) is 0 Å². The zero-order valence-corrected chi connectivity index (χ0v) is 36.2. The van der Waals surface area contributed by atoms with E-state index in [0.29, 0.717) is 42.4 Å². The average molecular weight is 903 g/mol. The van der Waals surface area contributed by atoms with Crippen molar-refractivity contribution in [1.82, 2.24) is 20.3 Å². The Morgan fingerprint density at radius 1 is 1.00 bits per heavy atom. The van der Waals surface area contributed by atoms with Crippen molar-refractivity contribution in [1.29, 1.82) is 5.41 Å². The number of amides is 2. The maximum absolute atomic E-state index is 14.6. The van der Waals surface area contributed by atoms with Crippen LogP contribution in [-0.4, -0.2) is 86.3 Å². The second kappa shape index (κ2) is 18.0. The molecule has 12 nitrogen and oxygen atoms in total. The van der Waals surface area contributed by atoms with E-state index in [1.807, 2.05) is 75.4 Å². The van der Waals surface area contributed by atoms with Crippen molar-refractivity contribution in [2.75, 3.05) is 35.5 Å². The Bertz CT molecular complexity index is 1880. The van der Waals surface area contributed by atoms with Crippen LogP contribution in [0.25, 0.3) is 11.3 Å². The number of nitrogens with one attached hydrogen (secondary N) is 4. The number of fused-ring (bicyclic) bond motifs is 3. The van der Waals surface area contributed by atoms with Crippen molar-refractivity contribution in [2.45, 2.75) is 106 Å². The SMILES string of the molecule is CC(C)(C)OC(=O)N[C@H]1CCCCC/C=C\CC[C@@](C)(C(=O)NS(=O)(=O)C2CC2)CNCC(=O)[C@@H]2[C@H]3CN(c4cccc(-c5ccccc5)n4)C[C@H]3CI2C1=N. The van der Waals surface area contributed by atoms with Crippen LogP contribution in [0.4, 0.5) is 10.6 Å². The monoisotopic (exact) mass is 902 g/mol. The molecule has 4 heterocycles. The zero-order chi connectivity index (χ0) is 40.1. The summed E-state index contributed by atoms with van der Waals surface area (Å²) in [7, 11) is -3.74. The molecule has 3 fully saturated rings. The number of Topliss-reactive ketones (excluding diaryl/α,β-unsaturated/α-hetero) is 1. The molecule has 14 heteroatoms. The number of hydrogen-bond acceptors (Lipinski definition) is 10. The number of nitrogens with zero attached hydrogens (tertiary/aromatic N) is 2. The van der Waals surface area contributed by atoms with E-state index in [-0.39, 0.29) is 34.6 Å². The standard InChI is InChI=1S/C42H59IN6O6S/c1-41(2,3)55-40(52)47-34-18-13-8-6-5-7-9-14-23-42(4,39(51)48-56(53,54)31-21-22-31)28-45-25-35(50)37-32-27-49(26-30(32)24-43(37)38(34)44)36-20-15-19-33(46-36)29-16-11-10-12-17-29/h7,9-12,15-17,19-20,30-32,34,37,44-45H,5-6,8,13-14,18,21-28H2,1-4H3,(H,47,52)(H,48,51)/b9-7-,44-38?/t30-,32+,34+,37+,42-/m1/s1. The number of benzene rings is 1. The number of rotatable bonds is 6. The molecule has 5 atom stereocenters. The molecule has 0 radical (unpaired) electrons. The van der Waals surface area contributed by atoms with Gasteiger partial charge in [-0.2, -0.15) is 0 Å². The Kier molecular flexibility index (Phi) is 13.6. The number of anilines is 1. The number of carbonyl (C=O) groups excluding carboxylic acids is 3. The number of carbonyl (C=O) groups is 3. The third kappa shape index (κ3) is 10.8. The van der Waals surface area contributed by atoms with Crippen molar-refractivity contribution >= 4 is 57.2 Å². The number of ketones is 1. The molecule has 1 aromatic carbocycles. The van der Waals surface area contributed by atoms with Crippen molar-refractivity contribution in [3.05, 3.63) is 60.7 Å². The third-order valence-corrected chi connectivity index (χ3v) is 20.5. The molecule has 0 unspecified atom stereocenters. The molecule has 4 aliphatic rings. The van der Waals surface area contributed by atoms with Crippen LogP contribution in [0.1, 0.15) is 85.5 Å². The molecule has 1 aliphatic carbocycles. The Morgan fingerprint density at radius 3 is 2.48 bits per heavy atom. The molecule has 0 spiro atoms. The summed E-state index contributed by atoms with van der Waals surface area (Å²) in [6.07, 6.45) is 9.87. The van der Waals surface area contributed by atoms with Gasteiger partial charge >= 0.3 is 341 Å². The van der Waals surface area contributed by atoms with Crippen LogP contribution in [0.2, 0.25) is 0 Å². The molecule has 1 aromatic heterocycles. The van der Waals surface area contributed by atoms with Crippen LogP contribution < -0.4 is 20.3 Å². The molecule has 1 saturated carbocycles. The molecule has 2 saturated heterocycles. The first-order chi connectivity index (χ1) is 26.6. The Balaban J connectivity index is 1.25. The third-order valence-electron chi connectivity index (χ3n) is 11.2. The molecule has 6 rings (SSSR count). The number of hydrogen-bond donors (Lipinski definition) is 4. The number of alkyl halides is 2. The van der Waals surface area contributed by atoms with Crippen molar-refractivity contribution in [3.63, 3.8) is 0 Å². The molecule has 3 aliphatic heterocycles. The van der Waals surface area contributed by atoms with E-state index in [1.165, 1.54) is 0 Å². The van der Waals surface area contributed by atoms with Crippen molar-refractivity contribution in [2.24, 2.45) is 17.3 Å². The van der Waals surface area contributed by atoms with E-state index in [2.05, 4.69) is 26.3 Å². The molecule has 306 valence electrons. The quantitative estimate of drug-likeness (QED) is 0.141. The molecule has 2 aromatic rings. The summed E-state index contributed by atoms with van der Waals surface area (Å²) in [6.45, 7) is 8.76. The minimum atomic E-state index is -3.74. The van der Waals surface area contributed by atoms with Gasteiger partial charge in [0.1, 0.15) is 0 Å². The van der Waals surface area contributed by atoms with E-state index in [0.717, 1.165) is 53.7 Å². The van der Waals surface area contributed by atoms with Gasteiger partial charge in [0.2, 0.25) is 0 Å². The van der Waals surface area contributed by atoms with Crippen LogP contribution in [-0.2, 0) is 24.3 Å². The fourth-order valence-corrected chi connectivity index (χ4v) is 17.7. The second-order valence-corrected chi connectivity index (χ2v) is 24.6. The summed E-state index contributed by atoms with van der Waals surface area (Å²) in [5.74, 6) is 0.557. The zero-order valence-electron chi connectivity index (χ0n) is 33.2. The molecule has 2 amide bonds. The summed E-state index contributed by atoms with van der Waals surface area (Å²) < 4.78 is 34.6. The van der Waals surface area contributed by atoms with Gasteiger partial charge in [-0.05, 0) is 0 Å². The first-order valence-electron chi connectivity index (χ1n) is 20.1. The second-order valence-electron chi connectivity index (χ2n) is 17.0. The summed E-state index contributed by atoms with van der Waals surface area (Å²) in [4.78, 5) is 48.7. The van der Waals surface area contributed by atoms with Gasteiger partial charge in [0.25, 0.3) is 0 Å². The summed E-state index contributed by atoms with van der Waals surface area (Å²) in [5.41, 5.74) is 0.162. The number of sulfonamides is 1. The summed E-state index contributed by atoms with van der Waals surface area (Å²) in [5, 5.41) is 15.5. The van der Waals surface area contributed by atoms with Crippen LogP contribution in [0, 0.1) is 22.7 Å². The van der Waals surface area contributed by atoms with E-state index < -0.39 is 64.2 Å².